The number of hydrogen-bond acceptors (Lipinski definition) is 3. The second-order valence-electron chi connectivity index (χ2n) is 8.63. The Balaban J connectivity index is 1.46. The Kier molecular flexibility index (Phi) is 5.14. The van der Waals surface area contributed by atoms with Crippen molar-refractivity contribution in [3.8, 4) is 11.5 Å². The van der Waals surface area contributed by atoms with Gasteiger partial charge in [-0.05, 0) is 82.4 Å². The van der Waals surface area contributed by atoms with E-state index in [4.69, 9.17) is 9.47 Å². The molecule has 3 nitrogen and oxygen atoms in total. The summed E-state index contributed by atoms with van der Waals surface area (Å²) in [6, 6.07) is 15.3. The number of benzene rings is 2. The Bertz CT molecular complexity index is 775. The van der Waals surface area contributed by atoms with Crippen LogP contribution in [0.25, 0.3) is 0 Å². The maximum Gasteiger partial charge on any atom is 0.124 e. The van der Waals surface area contributed by atoms with Gasteiger partial charge in [0, 0.05) is 18.0 Å². The first-order valence-corrected chi connectivity index (χ1v) is 10.2. The molecule has 0 aliphatic carbocycles. The lowest BCUT2D eigenvalue weighted by molar-refractivity contribution is 0.0774. The van der Waals surface area contributed by atoms with Crippen LogP contribution in [0.5, 0.6) is 11.5 Å². The molecule has 144 valence electrons. The predicted octanol–water partition coefficient (Wildman–Crippen LogP) is 5.16. The van der Waals surface area contributed by atoms with Gasteiger partial charge in [0.1, 0.15) is 23.7 Å². The maximum absolute atomic E-state index is 6.25. The summed E-state index contributed by atoms with van der Waals surface area (Å²) < 4.78 is 12.2. The zero-order valence-corrected chi connectivity index (χ0v) is 16.8. The molecule has 0 aromatic heterocycles. The number of fused-ring (bicyclic) bond motifs is 1. The molecular formula is C24H31NO2. The number of hydrogen-bond donors (Lipinski definition) is 0. The first-order valence-electron chi connectivity index (χ1n) is 10.2. The quantitative estimate of drug-likeness (QED) is 0.730. The smallest absolute Gasteiger partial charge is 0.124 e. The second-order valence-corrected chi connectivity index (χ2v) is 8.63. The first-order chi connectivity index (χ1) is 13.0. The average molecular weight is 366 g/mol. The summed E-state index contributed by atoms with van der Waals surface area (Å²) >= 11 is 0. The molecule has 0 radical (unpaired) electrons. The Morgan fingerprint density at radius 2 is 1.81 bits per heavy atom. The van der Waals surface area contributed by atoms with Crippen LogP contribution in [0.15, 0.2) is 42.5 Å². The van der Waals surface area contributed by atoms with Crippen LogP contribution in [0.4, 0.5) is 0 Å². The molecule has 27 heavy (non-hydrogen) atoms. The van der Waals surface area contributed by atoms with Crippen LogP contribution in [-0.2, 0) is 0 Å². The summed E-state index contributed by atoms with van der Waals surface area (Å²) in [4.78, 5) is 2.48. The normalized spacial score (nSPS) is 21.5. The van der Waals surface area contributed by atoms with Crippen molar-refractivity contribution in [3.05, 3.63) is 59.2 Å². The minimum absolute atomic E-state index is 0.156. The van der Waals surface area contributed by atoms with Crippen LogP contribution in [0.2, 0.25) is 0 Å². The first kappa shape index (κ1) is 18.4. The van der Waals surface area contributed by atoms with E-state index in [2.05, 4.69) is 68.1 Å². The van der Waals surface area contributed by atoms with Crippen LogP contribution in [-0.4, -0.2) is 36.7 Å². The molecule has 2 aromatic carbocycles. The largest absolute Gasteiger partial charge is 0.492 e. The van der Waals surface area contributed by atoms with E-state index in [9.17, 15) is 0 Å². The van der Waals surface area contributed by atoms with Crippen molar-refractivity contribution in [1.29, 1.82) is 0 Å². The van der Waals surface area contributed by atoms with Crippen LogP contribution in [0.1, 0.15) is 55.7 Å². The van der Waals surface area contributed by atoms with Crippen molar-refractivity contribution in [2.45, 2.75) is 51.6 Å². The number of nitrogens with zero attached hydrogens (tertiary/aromatic N) is 1. The molecule has 2 aliphatic rings. The highest BCUT2D eigenvalue weighted by Gasteiger charge is 2.34. The molecule has 1 unspecified atom stereocenters. The van der Waals surface area contributed by atoms with Gasteiger partial charge >= 0.3 is 0 Å². The van der Waals surface area contributed by atoms with Crippen LogP contribution in [0.3, 0.4) is 0 Å². The van der Waals surface area contributed by atoms with Crippen molar-refractivity contribution in [3.63, 3.8) is 0 Å². The number of likely N-dealkylation sites (tertiary alicyclic amines) is 1. The van der Waals surface area contributed by atoms with Gasteiger partial charge in [0.15, 0.2) is 0 Å². The molecule has 4 rings (SSSR count). The fourth-order valence-electron chi connectivity index (χ4n) is 4.35. The summed E-state index contributed by atoms with van der Waals surface area (Å²) in [7, 11) is 0. The summed E-state index contributed by atoms with van der Waals surface area (Å²) in [5.74, 6) is 2.36. The van der Waals surface area contributed by atoms with E-state index in [1.807, 2.05) is 0 Å². The van der Waals surface area contributed by atoms with E-state index in [-0.39, 0.29) is 5.60 Å². The topological polar surface area (TPSA) is 21.7 Å². The van der Waals surface area contributed by atoms with Gasteiger partial charge in [-0.15, -0.1) is 0 Å². The SMILES string of the molecule is Cc1ccc2c(c1)OC(C)(C)CC2c1ccc(OCCN2CCCC2)cc1. The molecule has 0 spiro atoms. The van der Waals surface area contributed by atoms with Crippen LogP contribution in [0, 0.1) is 6.92 Å². The van der Waals surface area contributed by atoms with E-state index >= 15 is 0 Å². The molecule has 0 bridgehead atoms. The van der Waals surface area contributed by atoms with E-state index < -0.39 is 0 Å². The lowest BCUT2D eigenvalue weighted by atomic mass is 9.80. The minimum Gasteiger partial charge on any atom is -0.492 e. The molecule has 2 aromatic rings. The van der Waals surface area contributed by atoms with Gasteiger partial charge in [0.25, 0.3) is 0 Å². The zero-order valence-electron chi connectivity index (χ0n) is 16.8. The summed E-state index contributed by atoms with van der Waals surface area (Å²) in [6.07, 6.45) is 3.65. The third-order valence-corrected chi connectivity index (χ3v) is 5.78. The molecule has 3 heteroatoms. The molecule has 1 fully saturated rings. The fourth-order valence-corrected chi connectivity index (χ4v) is 4.35. The summed E-state index contributed by atoms with van der Waals surface area (Å²) in [6.45, 7) is 10.7. The highest BCUT2D eigenvalue weighted by Crippen LogP contribution is 2.44. The third kappa shape index (κ3) is 4.30. The minimum atomic E-state index is -0.156. The Hall–Kier alpha value is -2.00. The highest BCUT2D eigenvalue weighted by atomic mass is 16.5. The van der Waals surface area contributed by atoms with Gasteiger partial charge in [0.2, 0.25) is 0 Å². The molecule has 0 N–H and O–H groups in total. The maximum atomic E-state index is 6.25. The monoisotopic (exact) mass is 365 g/mol. The van der Waals surface area contributed by atoms with Crippen molar-refractivity contribution in [2.24, 2.45) is 0 Å². The Morgan fingerprint density at radius 1 is 1.07 bits per heavy atom. The van der Waals surface area contributed by atoms with Gasteiger partial charge in [0.05, 0.1) is 0 Å². The lowest BCUT2D eigenvalue weighted by Crippen LogP contribution is -2.35. The number of ether oxygens (including phenoxy) is 2. The molecule has 2 heterocycles. The van der Waals surface area contributed by atoms with Crippen LogP contribution >= 0.6 is 0 Å². The molecule has 0 amide bonds. The fraction of sp³-hybridized carbons (Fsp3) is 0.500. The van der Waals surface area contributed by atoms with Crippen LogP contribution < -0.4 is 9.47 Å². The molecule has 0 saturated carbocycles. The summed E-state index contributed by atoms with van der Waals surface area (Å²) in [5.41, 5.74) is 3.72. The van der Waals surface area contributed by atoms with E-state index in [0.29, 0.717) is 5.92 Å². The van der Waals surface area contributed by atoms with Gasteiger partial charge in [-0.3, -0.25) is 4.90 Å². The lowest BCUT2D eigenvalue weighted by Gasteiger charge is -2.38. The van der Waals surface area contributed by atoms with Gasteiger partial charge in [-0.1, -0.05) is 24.3 Å². The second kappa shape index (κ2) is 7.55. The van der Waals surface area contributed by atoms with E-state index in [0.717, 1.165) is 31.1 Å². The Labute approximate surface area is 163 Å². The van der Waals surface area contributed by atoms with Gasteiger partial charge in [-0.2, -0.15) is 0 Å². The number of aryl methyl sites for hydroxylation is 1. The van der Waals surface area contributed by atoms with E-state index in [1.165, 1.54) is 42.6 Å². The van der Waals surface area contributed by atoms with E-state index in [1.54, 1.807) is 0 Å². The molecule has 2 aliphatic heterocycles. The Morgan fingerprint density at radius 3 is 2.56 bits per heavy atom. The summed E-state index contributed by atoms with van der Waals surface area (Å²) in [5, 5.41) is 0. The standard InChI is InChI=1S/C24H31NO2/c1-18-6-11-21-22(17-24(2,3)27-23(21)16-18)19-7-9-20(10-8-19)26-15-14-25-12-4-5-13-25/h6-11,16,22H,4-5,12-15,17H2,1-3H3. The van der Waals surface area contributed by atoms with Crippen molar-refractivity contribution < 1.29 is 9.47 Å². The predicted molar refractivity (Wildman–Crippen MR) is 110 cm³/mol. The average Bonchev–Trinajstić information content (AvgIpc) is 3.14. The highest BCUT2D eigenvalue weighted by molar-refractivity contribution is 5.47. The molecular weight excluding hydrogens is 334 g/mol. The zero-order chi connectivity index (χ0) is 18.9. The van der Waals surface area contributed by atoms with Gasteiger partial charge in [-0.25, -0.2) is 0 Å². The third-order valence-electron chi connectivity index (χ3n) is 5.78. The molecule has 1 atom stereocenters. The van der Waals surface area contributed by atoms with Crippen molar-refractivity contribution >= 4 is 0 Å². The van der Waals surface area contributed by atoms with Gasteiger partial charge < -0.3 is 9.47 Å². The van der Waals surface area contributed by atoms with Crippen molar-refractivity contribution in [2.75, 3.05) is 26.2 Å². The number of rotatable bonds is 5. The molecule has 1 saturated heterocycles. The van der Waals surface area contributed by atoms with Crippen molar-refractivity contribution in [1.82, 2.24) is 4.90 Å².